The molecule has 0 saturated carbocycles. The maximum atomic E-state index is 12.7. The Labute approximate surface area is 189 Å². The maximum Gasteiger partial charge on any atom is 0.279 e. The smallest absolute Gasteiger partial charge is 0.279 e. The monoisotopic (exact) mass is 480 g/mol. The average molecular weight is 481 g/mol. The first-order valence-electron chi connectivity index (χ1n) is 9.39. The summed E-state index contributed by atoms with van der Waals surface area (Å²) in [4.78, 5) is 17.7. The van der Waals surface area contributed by atoms with Crippen LogP contribution in [0.15, 0.2) is 95.3 Å². The van der Waals surface area contributed by atoms with Crippen molar-refractivity contribution in [2.24, 2.45) is 4.99 Å². The van der Waals surface area contributed by atoms with Gasteiger partial charge in [0.25, 0.3) is 5.91 Å². The van der Waals surface area contributed by atoms with Crippen molar-refractivity contribution in [3.8, 4) is 22.7 Å². The molecule has 4 aromatic rings. The zero-order valence-electron chi connectivity index (χ0n) is 16.4. The number of ether oxygens (including phenoxy) is 1. The molecule has 4 nitrogen and oxygen atoms in total. The summed E-state index contributed by atoms with van der Waals surface area (Å²) in [6, 6.07) is 27.0. The molecule has 1 aromatic heterocycles. The van der Waals surface area contributed by atoms with E-state index in [9.17, 15) is 4.79 Å². The van der Waals surface area contributed by atoms with Crippen LogP contribution in [-0.2, 0) is 0 Å². The normalized spacial score (nSPS) is 11.0. The van der Waals surface area contributed by atoms with E-state index in [0.29, 0.717) is 17.0 Å². The molecule has 6 heteroatoms. The molecule has 0 spiro atoms. The van der Waals surface area contributed by atoms with E-state index in [4.69, 9.17) is 4.74 Å². The van der Waals surface area contributed by atoms with Gasteiger partial charge in [-0.05, 0) is 61.0 Å². The Kier molecular flexibility index (Phi) is 7.38. The molecule has 30 heavy (non-hydrogen) atoms. The number of carbonyl (C=O) groups is 1. The van der Waals surface area contributed by atoms with Crippen LogP contribution < -0.4 is 9.54 Å². The third-order valence-electron chi connectivity index (χ3n) is 4.40. The van der Waals surface area contributed by atoms with Crippen molar-refractivity contribution in [3.63, 3.8) is 0 Å². The zero-order chi connectivity index (χ0) is 20.1. The molecule has 0 saturated heterocycles. The van der Waals surface area contributed by atoms with Crippen molar-refractivity contribution in [2.75, 3.05) is 6.61 Å². The number of amides is 1. The van der Waals surface area contributed by atoms with Crippen LogP contribution in [0.3, 0.4) is 0 Å². The molecule has 1 heterocycles. The van der Waals surface area contributed by atoms with E-state index >= 15 is 0 Å². The van der Waals surface area contributed by atoms with Crippen LogP contribution in [0.1, 0.15) is 17.3 Å². The highest BCUT2D eigenvalue weighted by Crippen LogP contribution is 2.25. The van der Waals surface area contributed by atoms with E-state index in [1.54, 1.807) is 12.1 Å². The predicted octanol–water partition coefficient (Wildman–Crippen LogP) is 5.92. The lowest BCUT2D eigenvalue weighted by Gasteiger charge is -2.10. The van der Waals surface area contributed by atoms with Crippen molar-refractivity contribution in [2.45, 2.75) is 6.92 Å². The number of benzene rings is 3. The van der Waals surface area contributed by atoms with E-state index in [-0.39, 0.29) is 22.9 Å². The van der Waals surface area contributed by atoms with Gasteiger partial charge in [0.15, 0.2) is 4.80 Å². The van der Waals surface area contributed by atoms with Crippen molar-refractivity contribution < 1.29 is 9.53 Å². The van der Waals surface area contributed by atoms with Gasteiger partial charge in [-0.15, -0.1) is 28.3 Å². The summed E-state index contributed by atoms with van der Waals surface area (Å²) in [5.74, 6) is 0.581. The lowest BCUT2D eigenvalue weighted by Crippen LogP contribution is -2.16. The second-order valence-electron chi connectivity index (χ2n) is 6.31. The van der Waals surface area contributed by atoms with Gasteiger partial charge in [0.05, 0.1) is 12.3 Å². The van der Waals surface area contributed by atoms with E-state index in [1.165, 1.54) is 11.3 Å². The SMILES string of the molecule is Br.CCOc1ccc(-c2csc(=NC(=O)c3ccccc3)n2-c2ccccc2)cc1. The molecule has 0 aliphatic carbocycles. The fourth-order valence-corrected chi connectivity index (χ4v) is 3.94. The van der Waals surface area contributed by atoms with Crippen LogP contribution in [0.25, 0.3) is 16.9 Å². The van der Waals surface area contributed by atoms with Crippen molar-refractivity contribution in [1.29, 1.82) is 0 Å². The molecule has 1 amide bonds. The number of carbonyl (C=O) groups excluding carboxylic acids is 1. The fraction of sp³-hybridized carbons (Fsp3) is 0.0833. The molecule has 0 aliphatic heterocycles. The molecule has 0 radical (unpaired) electrons. The Balaban J connectivity index is 0.00000256. The number of rotatable bonds is 5. The number of para-hydroxylation sites is 1. The third kappa shape index (κ3) is 4.78. The second kappa shape index (κ2) is 10.2. The maximum absolute atomic E-state index is 12.7. The molecule has 3 aromatic carbocycles. The quantitative estimate of drug-likeness (QED) is 0.355. The van der Waals surface area contributed by atoms with E-state index in [1.807, 2.05) is 89.7 Å². The Morgan fingerprint density at radius 1 is 0.933 bits per heavy atom. The topological polar surface area (TPSA) is 43.6 Å². The van der Waals surface area contributed by atoms with Crippen LogP contribution in [0.4, 0.5) is 0 Å². The Hall–Kier alpha value is -2.96. The molecule has 0 atom stereocenters. The standard InChI is InChI=1S/C24H20N2O2S.BrH/c1-2-28-21-15-13-18(14-16-21)22-17-29-24(26(22)20-11-7-4-8-12-20)25-23(27)19-9-5-3-6-10-19;/h3-17H,2H2,1H3;1H. The number of hydrogen-bond acceptors (Lipinski definition) is 3. The molecule has 0 N–H and O–H groups in total. The van der Waals surface area contributed by atoms with Gasteiger partial charge in [-0.2, -0.15) is 4.99 Å². The highest BCUT2D eigenvalue weighted by atomic mass is 79.9. The summed E-state index contributed by atoms with van der Waals surface area (Å²) in [6.45, 7) is 2.60. The van der Waals surface area contributed by atoms with Crippen LogP contribution in [0.5, 0.6) is 5.75 Å². The fourth-order valence-electron chi connectivity index (χ4n) is 3.04. The molecule has 0 aliphatic rings. The molecule has 0 fully saturated rings. The first kappa shape index (κ1) is 21.7. The van der Waals surface area contributed by atoms with Gasteiger partial charge in [0.2, 0.25) is 0 Å². The van der Waals surface area contributed by atoms with Crippen molar-refractivity contribution in [1.82, 2.24) is 4.57 Å². The predicted molar refractivity (Wildman–Crippen MR) is 127 cm³/mol. The van der Waals surface area contributed by atoms with Gasteiger partial charge >= 0.3 is 0 Å². The zero-order valence-corrected chi connectivity index (χ0v) is 18.9. The summed E-state index contributed by atoms with van der Waals surface area (Å²) >= 11 is 1.45. The summed E-state index contributed by atoms with van der Waals surface area (Å²) in [6.07, 6.45) is 0. The highest BCUT2D eigenvalue weighted by molar-refractivity contribution is 8.93. The van der Waals surface area contributed by atoms with Gasteiger partial charge in [-0.1, -0.05) is 36.4 Å². The van der Waals surface area contributed by atoms with Gasteiger partial charge in [0, 0.05) is 16.6 Å². The van der Waals surface area contributed by atoms with E-state index < -0.39 is 0 Å². The van der Waals surface area contributed by atoms with Crippen LogP contribution in [-0.4, -0.2) is 17.1 Å². The minimum atomic E-state index is -0.254. The lowest BCUT2D eigenvalue weighted by molar-refractivity contribution is 0.0998. The number of aromatic nitrogens is 1. The van der Waals surface area contributed by atoms with Crippen molar-refractivity contribution in [3.05, 3.63) is 101 Å². The second-order valence-corrected chi connectivity index (χ2v) is 7.15. The Bertz CT molecular complexity index is 1170. The average Bonchev–Trinajstić information content (AvgIpc) is 3.19. The number of hydrogen-bond donors (Lipinski definition) is 0. The number of halogens is 1. The van der Waals surface area contributed by atoms with Crippen LogP contribution in [0.2, 0.25) is 0 Å². The Morgan fingerprint density at radius 2 is 1.57 bits per heavy atom. The minimum Gasteiger partial charge on any atom is -0.494 e. The van der Waals surface area contributed by atoms with Gasteiger partial charge < -0.3 is 4.74 Å². The van der Waals surface area contributed by atoms with Gasteiger partial charge in [-0.25, -0.2) is 0 Å². The van der Waals surface area contributed by atoms with Gasteiger partial charge in [-0.3, -0.25) is 9.36 Å². The molecule has 4 rings (SSSR count). The lowest BCUT2D eigenvalue weighted by atomic mass is 10.1. The minimum absolute atomic E-state index is 0. The molecule has 0 unspecified atom stereocenters. The summed E-state index contributed by atoms with van der Waals surface area (Å²) in [5, 5.41) is 2.03. The first-order valence-corrected chi connectivity index (χ1v) is 10.3. The molecular weight excluding hydrogens is 460 g/mol. The van der Waals surface area contributed by atoms with E-state index in [0.717, 1.165) is 22.7 Å². The Morgan fingerprint density at radius 3 is 2.20 bits per heavy atom. The van der Waals surface area contributed by atoms with Crippen LogP contribution >= 0.6 is 28.3 Å². The summed E-state index contributed by atoms with van der Waals surface area (Å²) in [7, 11) is 0. The molecule has 0 bridgehead atoms. The summed E-state index contributed by atoms with van der Waals surface area (Å²) < 4.78 is 7.57. The number of thiazole rings is 1. The highest BCUT2D eigenvalue weighted by Gasteiger charge is 2.12. The van der Waals surface area contributed by atoms with Crippen molar-refractivity contribution >= 4 is 34.2 Å². The molecule has 152 valence electrons. The van der Waals surface area contributed by atoms with E-state index in [2.05, 4.69) is 4.99 Å². The largest absolute Gasteiger partial charge is 0.494 e. The van der Waals surface area contributed by atoms with Crippen LogP contribution in [0, 0.1) is 0 Å². The number of nitrogens with zero attached hydrogens (tertiary/aromatic N) is 2. The molecular formula is C24H21BrN2O2S. The third-order valence-corrected chi connectivity index (χ3v) is 5.23. The first-order chi connectivity index (χ1) is 14.3. The van der Waals surface area contributed by atoms with Gasteiger partial charge in [0.1, 0.15) is 5.75 Å². The summed E-state index contributed by atoms with van der Waals surface area (Å²) in [5.41, 5.74) is 3.53.